The Bertz CT molecular complexity index is 1300. The molecule has 1 aliphatic rings. The monoisotopic (exact) mass is 447 g/mol. The summed E-state index contributed by atoms with van der Waals surface area (Å²) in [6.45, 7) is 7.85. The maximum absolute atomic E-state index is 14.0. The molecular formula is C24H26FN7O. The smallest absolute Gasteiger partial charge is 0.259 e. The fourth-order valence-electron chi connectivity index (χ4n) is 4.32. The topological polar surface area (TPSA) is 71.6 Å². The minimum absolute atomic E-state index is 0.0823. The number of piperazine rings is 1. The van der Waals surface area contributed by atoms with Crippen molar-refractivity contribution >= 4 is 11.6 Å². The molecule has 1 aliphatic heterocycles. The molecule has 0 spiro atoms. The number of hydrogen-bond acceptors (Lipinski definition) is 5. The third-order valence-electron chi connectivity index (χ3n) is 6.19. The molecule has 3 aromatic heterocycles. The van der Waals surface area contributed by atoms with Gasteiger partial charge in [0.15, 0.2) is 5.65 Å². The second kappa shape index (κ2) is 8.74. The van der Waals surface area contributed by atoms with Crippen LogP contribution >= 0.6 is 0 Å². The first-order valence-electron chi connectivity index (χ1n) is 11.2. The highest BCUT2D eigenvalue weighted by Crippen LogP contribution is 2.24. The van der Waals surface area contributed by atoms with E-state index in [1.54, 1.807) is 29.0 Å². The van der Waals surface area contributed by atoms with E-state index in [0.717, 1.165) is 23.5 Å². The summed E-state index contributed by atoms with van der Waals surface area (Å²) in [5.74, 6) is -0.273. The van der Waals surface area contributed by atoms with Crippen LogP contribution in [0.15, 0.2) is 48.9 Å². The van der Waals surface area contributed by atoms with Crippen LogP contribution in [0.4, 0.5) is 4.39 Å². The summed E-state index contributed by atoms with van der Waals surface area (Å²) in [5, 5.41) is 9.01. The summed E-state index contributed by atoms with van der Waals surface area (Å²) in [6.07, 6.45) is 5.29. The van der Waals surface area contributed by atoms with Crippen molar-refractivity contribution in [1.29, 1.82) is 0 Å². The van der Waals surface area contributed by atoms with E-state index in [1.807, 2.05) is 41.8 Å². The normalized spacial score (nSPS) is 14.8. The van der Waals surface area contributed by atoms with Crippen LogP contribution in [0.1, 0.15) is 28.5 Å². The highest BCUT2D eigenvalue weighted by atomic mass is 19.1. The molecule has 0 saturated carbocycles. The number of nitrogens with zero attached hydrogens (tertiary/aromatic N) is 7. The Balaban J connectivity index is 1.33. The average molecular weight is 448 g/mol. The molecule has 33 heavy (non-hydrogen) atoms. The zero-order valence-corrected chi connectivity index (χ0v) is 18.8. The summed E-state index contributed by atoms with van der Waals surface area (Å²) < 4.78 is 17.6. The second-order valence-electron chi connectivity index (χ2n) is 8.27. The van der Waals surface area contributed by atoms with Crippen LogP contribution < -0.4 is 0 Å². The van der Waals surface area contributed by atoms with Gasteiger partial charge in [-0.2, -0.15) is 10.2 Å². The fourth-order valence-corrected chi connectivity index (χ4v) is 4.32. The summed E-state index contributed by atoms with van der Waals surface area (Å²) in [4.78, 5) is 21.7. The zero-order chi connectivity index (χ0) is 22.9. The molecule has 9 heteroatoms. The van der Waals surface area contributed by atoms with Crippen molar-refractivity contribution in [3.63, 3.8) is 0 Å². The van der Waals surface area contributed by atoms with E-state index in [0.29, 0.717) is 49.5 Å². The van der Waals surface area contributed by atoms with Gasteiger partial charge in [-0.25, -0.2) is 13.9 Å². The van der Waals surface area contributed by atoms with Crippen molar-refractivity contribution in [2.45, 2.75) is 26.9 Å². The molecule has 1 amide bonds. The van der Waals surface area contributed by atoms with E-state index in [9.17, 15) is 9.18 Å². The third kappa shape index (κ3) is 4.00. The third-order valence-corrected chi connectivity index (χ3v) is 6.19. The lowest BCUT2D eigenvalue weighted by Gasteiger charge is -2.34. The number of fused-ring (bicyclic) bond motifs is 1. The van der Waals surface area contributed by atoms with Gasteiger partial charge >= 0.3 is 0 Å². The first kappa shape index (κ1) is 21.3. The van der Waals surface area contributed by atoms with Gasteiger partial charge in [0.1, 0.15) is 11.4 Å². The number of halogens is 1. The lowest BCUT2D eigenvalue weighted by atomic mass is 10.1. The Hall–Kier alpha value is -3.59. The first-order chi connectivity index (χ1) is 16.0. The van der Waals surface area contributed by atoms with E-state index in [4.69, 9.17) is 0 Å². The summed E-state index contributed by atoms with van der Waals surface area (Å²) in [6, 6.07) is 8.72. The molecule has 0 bridgehead atoms. The van der Waals surface area contributed by atoms with Gasteiger partial charge in [0.05, 0.1) is 17.6 Å². The van der Waals surface area contributed by atoms with Gasteiger partial charge in [0.2, 0.25) is 0 Å². The summed E-state index contributed by atoms with van der Waals surface area (Å²) in [7, 11) is 0. The van der Waals surface area contributed by atoms with E-state index < -0.39 is 0 Å². The highest BCUT2D eigenvalue weighted by Gasteiger charge is 2.26. The van der Waals surface area contributed by atoms with Crippen LogP contribution in [0.2, 0.25) is 0 Å². The number of amides is 1. The minimum Gasteiger partial charge on any atom is -0.336 e. The standard InChI is InChI=1S/C24H26FN7O/c1-3-31-16-20(17(2)28-31)22-8-9-26-23-19(14-27-32(22)23)24(33)30-12-10-29(11-13-30)15-18-6-4-5-7-21(18)25/h4-9,14,16H,3,10-13,15H2,1-2H3. The van der Waals surface area contributed by atoms with Crippen LogP contribution in [0, 0.1) is 12.7 Å². The van der Waals surface area contributed by atoms with Crippen LogP contribution in [-0.4, -0.2) is 66.3 Å². The lowest BCUT2D eigenvalue weighted by Crippen LogP contribution is -2.48. The molecule has 0 N–H and O–H groups in total. The van der Waals surface area contributed by atoms with Gasteiger partial charge in [-0.3, -0.25) is 14.4 Å². The van der Waals surface area contributed by atoms with Gasteiger partial charge < -0.3 is 4.90 Å². The summed E-state index contributed by atoms with van der Waals surface area (Å²) in [5.41, 5.74) is 4.42. The number of carbonyl (C=O) groups excluding carboxylic acids is 1. The Morgan fingerprint density at radius 1 is 1.12 bits per heavy atom. The van der Waals surface area contributed by atoms with Crippen LogP contribution in [0.3, 0.4) is 0 Å². The van der Waals surface area contributed by atoms with E-state index in [-0.39, 0.29) is 11.7 Å². The van der Waals surface area contributed by atoms with Crippen LogP contribution in [0.5, 0.6) is 0 Å². The summed E-state index contributed by atoms with van der Waals surface area (Å²) >= 11 is 0. The van der Waals surface area contributed by atoms with Gasteiger partial charge in [-0.1, -0.05) is 18.2 Å². The fraction of sp³-hybridized carbons (Fsp3) is 0.333. The van der Waals surface area contributed by atoms with Gasteiger partial charge in [-0.15, -0.1) is 0 Å². The van der Waals surface area contributed by atoms with Crippen molar-refractivity contribution in [2.24, 2.45) is 0 Å². The molecule has 1 fully saturated rings. The van der Waals surface area contributed by atoms with Crippen LogP contribution in [0.25, 0.3) is 16.9 Å². The molecule has 4 heterocycles. The zero-order valence-electron chi connectivity index (χ0n) is 18.8. The molecule has 1 saturated heterocycles. The Morgan fingerprint density at radius 2 is 1.91 bits per heavy atom. The maximum atomic E-state index is 14.0. The molecule has 8 nitrogen and oxygen atoms in total. The van der Waals surface area contributed by atoms with E-state index in [2.05, 4.69) is 20.1 Å². The number of benzene rings is 1. The molecular weight excluding hydrogens is 421 g/mol. The minimum atomic E-state index is -0.191. The quantitative estimate of drug-likeness (QED) is 0.470. The molecule has 0 radical (unpaired) electrons. The molecule has 0 atom stereocenters. The molecule has 0 unspecified atom stereocenters. The average Bonchev–Trinajstić information content (AvgIpc) is 3.44. The Morgan fingerprint density at radius 3 is 2.64 bits per heavy atom. The maximum Gasteiger partial charge on any atom is 0.259 e. The SMILES string of the molecule is CCn1cc(-c2ccnc3c(C(=O)N4CCN(Cc5ccccc5F)CC4)cnn23)c(C)n1. The van der Waals surface area contributed by atoms with Crippen molar-refractivity contribution in [3.05, 3.63) is 71.6 Å². The molecule has 1 aromatic carbocycles. The Labute approximate surface area is 191 Å². The van der Waals surface area contributed by atoms with Crippen molar-refractivity contribution in [3.8, 4) is 11.3 Å². The largest absolute Gasteiger partial charge is 0.336 e. The van der Waals surface area contributed by atoms with Crippen molar-refractivity contribution < 1.29 is 9.18 Å². The highest BCUT2D eigenvalue weighted by molar-refractivity contribution is 6.00. The van der Waals surface area contributed by atoms with Gasteiger partial charge in [0, 0.05) is 62.8 Å². The first-order valence-corrected chi connectivity index (χ1v) is 11.2. The molecule has 170 valence electrons. The van der Waals surface area contributed by atoms with Gasteiger partial charge in [-0.05, 0) is 26.0 Å². The second-order valence-corrected chi connectivity index (χ2v) is 8.27. The van der Waals surface area contributed by atoms with E-state index in [1.165, 1.54) is 6.07 Å². The number of aromatic nitrogens is 5. The van der Waals surface area contributed by atoms with Crippen LogP contribution in [-0.2, 0) is 13.1 Å². The molecule has 5 rings (SSSR count). The van der Waals surface area contributed by atoms with Crippen molar-refractivity contribution in [1.82, 2.24) is 34.2 Å². The van der Waals surface area contributed by atoms with Gasteiger partial charge in [0.25, 0.3) is 5.91 Å². The number of rotatable bonds is 5. The molecule has 4 aromatic rings. The number of aryl methyl sites for hydroxylation is 2. The number of hydrogen-bond donors (Lipinski definition) is 0. The lowest BCUT2D eigenvalue weighted by molar-refractivity contribution is 0.0628. The predicted molar refractivity (Wildman–Crippen MR) is 122 cm³/mol. The predicted octanol–water partition coefficient (Wildman–Crippen LogP) is 3.02. The van der Waals surface area contributed by atoms with Crippen molar-refractivity contribution in [2.75, 3.05) is 26.2 Å². The van der Waals surface area contributed by atoms with E-state index >= 15 is 0 Å². The number of carbonyl (C=O) groups is 1. The molecule has 0 aliphatic carbocycles. The Kier molecular flexibility index (Phi) is 5.63.